The summed E-state index contributed by atoms with van der Waals surface area (Å²) in [5, 5.41) is 4.47. The second-order valence-corrected chi connectivity index (χ2v) is 6.97. The van der Waals surface area contributed by atoms with Gasteiger partial charge in [-0.05, 0) is 38.8 Å². The number of rotatable bonds is 4. The standard InChI is InChI=1S/C20H28N4O/c1-5-10-23-14-18(17(4)21-23)20(25)24-12-11-22(13-16(24)3)19-9-7-6-8-15(19)2/h6-9,14,16H,5,10-13H2,1-4H3. The molecule has 1 aliphatic rings. The Morgan fingerprint density at radius 3 is 2.68 bits per heavy atom. The van der Waals surface area contributed by atoms with Crippen molar-refractivity contribution >= 4 is 11.6 Å². The summed E-state index contributed by atoms with van der Waals surface area (Å²) in [6.07, 6.45) is 2.92. The third-order valence-corrected chi connectivity index (χ3v) is 4.97. The molecule has 0 radical (unpaired) electrons. The van der Waals surface area contributed by atoms with E-state index in [-0.39, 0.29) is 11.9 Å². The number of hydrogen-bond donors (Lipinski definition) is 0. The van der Waals surface area contributed by atoms with Crippen molar-refractivity contribution in [1.82, 2.24) is 14.7 Å². The minimum atomic E-state index is 0.108. The SMILES string of the molecule is CCCn1cc(C(=O)N2CCN(c3ccccc3C)CC2C)c(C)n1. The smallest absolute Gasteiger partial charge is 0.257 e. The zero-order valence-electron chi connectivity index (χ0n) is 15.7. The van der Waals surface area contributed by atoms with E-state index in [1.54, 1.807) is 0 Å². The van der Waals surface area contributed by atoms with Crippen LogP contribution >= 0.6 is 0 Å². The van der Waals surface area contributed by atoms with Gasteiger partial charge in [0.15, 0.2) is 0 Å². The van der Waals surface area contributed by atoms with E-state index < -0.39 is 0 Å². The Kier molecular flexibility index (Phi) is 5.11. The monoisotopic (exact) mass is 340 g/mol. The van der Waals surface area contributed by atoms with Gasteiger partial charge in [0.05, 0.1) is 11.3 Å². The zero-order valence-corrected chi connectivity index (χ0v) is 15.7. The summed E-state index contributed by atoms with van der Waals surface area (Å²) in [6, 6.07) is 8.63. The summed E-state index contributed by atoms with van der Waals surface area (Å²) in [4.78, 5) is 17.4. The van der Waals surface area contributed by atoms with Gasteiger partial charge in [-0.15, -0.1) is 0 Å². The van der Waals surface area contributed by atoms with E-state index in [0.29, 0.717) is 0 Å². The van der Waals surface area contributed by atoms with Crippen molar-refractivity contribution < 1.29 is 4.79 Å². The van der Waals surface area contributed by atoms with Crippen LogP contribution in [0.4, 0.5) is 5.69 Å². The molecule has 1 aliphatic heterocycles. The van der Waals surface area contributed by atoms with Gasteiger partial charge in [-0.1, -0.05) is 25.1 Å². The molecule has 5 heteroatoms. The third-order valence-electron chi connectivity index (χ3n) is 4.97. The number of carbonyl (C=O) groups is 1. The maximum Gasteiger partial charge on any atom is 0.257 e. The molecule has 2 aromatic rings. The van der Waals surface area contributed by atoms with E-state index in [0.717, 1.165) is 43.9 Å². The van der Waals surface area contributed by atoms with Crippen LogP contribution in [-0.2, 0) is 6.54 Å². The number of nitrogens with zero attached hydrogens (tertiary/aromatic N) is 4. The van der Waals surface area contributed by atoms with E-state index in [1.807, 2.05) is 22.7 Å². The highest BCUT2D eigenvalue weighted by Crippen LogP contribution is 2.24. The fraction of sp³-hybridized carbons (Fsp3) is 0.500. The largest absolute Gasteiger partial charge is 0.367 e. The molecule has 1 atom stereocenters. The third kappa shape index (κ3) is 3.55. The van der Waals surface area contributed by atoms with Crippen LogP contribution in [0, 0.1) is 13.8 Å². The van der Waals surface area contributed by atoms with Crippen molar-refractivity contribution in [3.05, 3.63) is 47.3 Å². The lowest BCUT2D eigenvalue weighted by Crippen LogP contribution is -2.54. The van der Waals surface area contributed by atoms with Crippen molar-refractivity contribution in [2.45, 2.75) is 46.7 Å². The molecule has 25 heavy (non-hydrogen) atoms. The predicted octanol–water partition coefficient (Wildman–Crippen LogP) is 3.26. The number of carbonyl (C=O) groups excluding carboxylic acids is 1. The normalized spacial score (nSPS) is 17.8. The molecular formula is C20H28N4O. The maximum atomic E-state index is 13.0. The van der Waals surface area contributed by atoms with Crippen LogP contribution in [0.1, 0.15) is 41.9 Å². The van der Waals surface area contributed by atoms with Gasteiger partial charge in [0.25, 0.3) is 5.91 Å². The zero-order chi connectivity index (χ0) is 18.0. The second-order valence-electron chi connectivity index (χ2n) is 6.97. The fourth-order valence-electron chi connectivity index (χ4n) is 3.62. The molecule has 1 unspecified atom stereocenters. The van der Waals surface area contributed by atoms with E-state index >= 15 is 0 Å². The molecule has 5 nitrogen and oxygen atoms in total. The van der Waals surface area contributed by atoms with E-state index in [4.69, 9.17) is 0 Å². The lowest BCUT2D eigenvalue weighted by Gasteiger charge is -2.41. The minimum absolute atomic E-state index is 0.108. The first-order valence-electron chi connectivity index (χ1n) is 9.16. The van der Waals surface area contributed by atoms with Gasteiger partial charge in [0.2, 0.25) is 0 Å². The Labute approximate surface area is 150 Å². The molecule has 0 bridgehead atoms. The van der Waals surface area contributed by atoms with Crippen molar-refractivity contribution in [2.75, 3.05) is 24.5 Å². The molecular weight excluding hydrogens is 312 g/mol. The molecule has 1 aromatic heterocycles. The van der Waals surface area contributed by atoms with Crippen LogP contribution in [0.5, 0.6) is 0 Å². The number of anilines is 1. The van der Waals surface area contributed by atoms with Crippen LogP contribution in [0.15, 0.2) is 30.5 Å². The van der Waals surface area contributed by atoms with Gasteiger partial charge < -0.3 is 9.80 Å². The number of benzene rings is 1. The maximum absolute atomic E-state index is 13.0. The molecule has 1 aromatic carbocycles. The number of aryl methyl sites for hydroxylation is 3. The average Bonchev–Trinajstić information content (AvgIpc) is 2.95. The van der Waals surface area contributed by atoms with Crippen LogP contribution in [0.2, 0.25) is 0 Å². The highest BCUT2D eigenvalue weighted by molar-refractivity contribution is 5.95. The van der Waals surface area contributed by atoms with E-state index in [1.165, 1.54) is 11.3 Å². The number of amides is 1. The van der Waals surface area contributed by atoms with E-state index in [9.17, 15) is 4.79 Å². The summed E-state index contributed by atoms with van der Waals surface area (Å²) >= 11 is 0. The van der Waals surface area contributed by atoms with Gasteiger partial charge in [-0.25, -0.2) is 0 Å². The highest BCUT2D eigenvalue weighted by atomic mass is 16.2. The van der Waals surface area contributed by atoms with E-state index in [2.05, 4.69) is 55.0 Å². The summed E-state index contributed by atoms with van der Waals surface area (Å²) < 4.78 is 1.89. The average molecular weight is 340 g/mol. The van der Waals surface area contributed by atoms with Crippen LogP contribution in [-0.4, -0.2) is 46.3 Å². The van der Waals surface area contributed by atoms with Crippen molar-refractivity contribution in [3.8, 4) is 0 Å². The predicted molar refractivity (Wildman–Crippen MR) is 101 cm³/mol. The van der Waals surface area contributed by atoms with Gasteiger partial charge in [-0.2, -0.15) is 5.10 Å². The Balaban J connectivity index is 1.73. The van der Waals surface area contributed by atoms with Crippen LogP contribution in [0.3, 0.4) is 0 Å². The van der Waals surface area contributed by atoms with Gasteiger partial charge >= 0.3 is 0 Å². The minimum Gasteiger partial charge on any atom is -0.367 e. The number of aromatic nitrogens is 2. The molecule has 134 valence electrons. The molecule has 1 fully saturated rings. The molecule has 1 amide bonds. The first kappa shape index (κ1) is 17.5. The quantitative estimate of drug-likeness (QED) is 0.858. The molecule has 0 aliphatic carbocycles. The molecule has 0 saturated carbocycles. The summed E-state index contributed by atoms with van der Waals surface area (Å²) in [7, 11) is 0. The first-order valence-corrected chi connectivity index (χ1v) is 9.16. The number of piperazine rings is 1. The fourth-order valence-corrected chi connectivity index (χ4v) is 3.62. The lowest BCUT2D eigenvalue weighted by atomic mass is 10.1. The number of para-hydroxylation sites is 1. The topological polar surface area (TPSA) is 41.4 Å². The van der Waals surface area contributed by atoms with Crippen molar-refractivity contribution in [3.63, 3.8) is 0 Å². The Morgan fingerprint density at radius 1 is 1.24 bits per heavy atom. The van der Waals surface area contributed by atoms with Crippen LogP contribution in [0.25, 0.3) is 0 Å². The first-order chi connectivity index (χ1) is 12.0. The number of hydrogen-bond acceptors (Lipinski definition) is 3. The van der Waals surface area contributed by atoms with Gasteiger partial charge in [0, 0.05) is 44.1 Å². The van der Waals surface area contributed by atoms with Crippen LogP contribution < -0.4 is 4.90 Å². The Morgan fingerprint density at radius 2 is 2.00 bits per heavy atom. The Hall–Kier alpha value is -2.30. The summed E-state index contributed by atoms with van der Waals surface area (Å²) in [6.45, 7) is 11.6. The molecule has 3 rings (SSSR count). The van der Waals surface area contributed by atoms with Crippen molar-refractivity contribution in [2.24, 2.45) is 0 Å². The summed E-state index contributed by atoms with van der Waals surface area (Å²) in [5.74, 6) is 0.108. The highest BCUT2D eigenvalue weighted by Gasteiger charge is 2.30. The Bertz CT molecular complexity index is 752. The second kappa shape index (κ2) is 7.30. The van der Waals surface area contributed by atoms with Gasteiger partial charge in [-0.3, -0.25) is 9.48 Å². The molecule has 0 spiro atoms. The molecule has 2 heterocycles. The molecule has 1 saturated heterocycles. The lowest BCUT2D eigenvalue weighted by molar-refractivity contribution is 0.0673. The van der Waals surface area contributed by atoms with Gasteiger partial charge in [0.1, 0.15) is 0 Å². The molecule has 0 N–H and O–H groups in total. The van der Waals surface area contributed by atoms with Crippen molar-refractivity contribution in [1.29, 1.82) is 0 Å². The summed E-state index contributed by atoms with van der Waals surface area (Å²) in [5.41, 5.74) is 4.12.